The molecule has 22 heavy (non-hydrogen) atoms. The van der Waals surface area contributed by atoms with Crippen LogP contribution in [0, 0.1) is 0 Å². The third-order valence-electron chi connectivity index (χ3n) is 2.88. The minimum atomic E-state index is -1.49. The van der Waals surface area contributed by atoms with Crippen LogP contribution < -0.4 is 4.74 Å². The van der Waals surface area contributed by atoms with Gasteiger partial charge in [-0.15, -0.1) is 0 Å². The summed E-state index contributed by atoms with van der Waals surface area (Å²) in [5.41, 5.74) is -1.22. The summed E-state index contributed by atoms with van der Waals surface area (Å²) in [5.74, 6) is -3.61. The highest BCUT2D eigenvalue weighted by molar-refractivity contribution is 6.17. The largest absolute Gasteiger partial charge is 0.507 e. The molecule has 7 nitrogen and oxygen atoms in total. The number of phenols is 2. The second-order valence-corrected chi connectivity index (χ2v) is 4.23. The van der Waals surface area contributed by atoms with E-state index in [2.05, 4.69) is 4.74 Å². The van der Waals surface area contributed by atoms with E-state index in [1.54, 1.807) is 0 Å². The molecule has 0 unspecified atom stereocenters. The fourth-order valence-corrected chi connectivity index (χ4v) is 1.93. The van der Waals surface area contributed by atoms with Crippen LogP contribution in [0.25, 0.3) is 0 Å². The van der Waals surface area contributed by atoms with Crippen molar-refractivity contribution in [1.29, 1.82) is 0 Å². The lowest BCUT2D eigenvalue weighted by atomic mass is 9.96. The van der Waals surface area contributed by atoms with Crippen LogP contribution in [0.4, 0.5) is 0 Å². The molecule has 0 aliphatic heterocycles. The number of rotatable bonds is 5. The molecule has 112 valence electrons. The van der Waals surface area contributed by atoms with Gasteiger partial charge in [0.1, 0.15) is 17.2 Å². The maximum atomic E-state index is 12.4. The molecule has 0 bridgehead atoms. The Kier molecular flexibility index (Phi) is 4.08. The summed E-state index contributed by atoms with van der Waals surface area (Å²) in [6.45, 7) is 0.0604. The topological polar surface area (TPSA) is 121 Å². The Morgan fingerprint density at radius 2 is 1.68 bits per heavy atom. The molecule has 0 fully saturated rings. The fraction of sp³-hybridized carbons (Fsp3) is 0. The van der Waals surface area contributed by atoms with Crippen molar-refractivity contribution < 1.29 is 34.4 Å². The Morgan fingerprint density at radius 1 is 1.00 bits per heavy atom. The van der Waals surface area contributed by atoms with Gasteiger partial charge in [0.05, 0.1) is 16.7 Å². The highest BCUT2D eigenvalue weighted by Crippen LogP contribution is 2.31. The number of phenolic OH excluding ortho intramolecular Hbond substituents is 2. The first-order valence-electron chi connectivity index (χ1n) is 5.99. The minimum Gasteiger partial charge on any atom is -0.507 e. The third-order valence-corrected chi connectivity index (χ3v) is 2.88. The van der Waals surface area contributed by atoms with Gasteiger partial charge in [0.15, 0.2) is 0 Å². The summed E-state index contributed by atoms with van der Waals surface area (Å²) in [7, 11) is 0. The van der Waals surface area contributed by atoms with Gasteiger partial charge in [-0.2, -0.15) is 0 Å². The van der Waals surface area contributed by atoms with E-state index in [0.29, 0.717) is 0 Å². The predicted molar refractivity (Wildman–Crippen MR) is 73.3 cm³/mol. The maximum absolute atomic E-state index is 12.4. The van der Waals surface area contributed by atoms with Gasteiger partial charge in [0.25, 0.3) is 6.47 Å². The fourth-order valence-electron chi connectivity index (χ4n) is 1.93. The number of carboxylic acids is 1. The van der Waals surface area contributed by atoms with E-state index in [9.17, 15) is 29.7 Å². The van der Waals surface area contributed by atoms with Crippen molar-refractivity contribution >= 4 is 18.2 Å². The van der Waals surface area contributed by atoms with Gasteiger partial charge in [0, 0.05) is 6.07 Å². The van der Waals surface area contributed by atoms with Crippen molar-refractivity contribution in [3.8, 4) is 17.2 Å². The van der Waals surface area contributed by atoms with Crippen LogP contribution in [0.1, 0.15) is 26.3 Å². The quantitative estimate of drug-likeness (QED) is 0.566. The molecule has 2 rings (SSSR count). The van der Waals surface area contributed by atoms with E-state index in [1.165, 1.54) is 24.3 Å². The smallest absolute Gasteiger partial charge is 0.336 e. The number of carbonyl (C=O) groups is 3. The number of hydrogen-bond donors (Lipinski definition) is 3. The van der Waals surface area contributed by atoms with Crippen molar-refractivity contribution in [2.24, 2.45) is 0 Å². The molecule has 2 aromatic rings. The Morgan fingerprint density at radius 3 is 2.27 bits per heavy atom. The van der Waals surface area contributed by atoms with E-state index in [-0.39, 0.29) is 23.5 Å². The molecule has 0 amide bonds. The van der Waals surface area contributed by atoms with Crippen LogP contribution in [0.3, 0.4) is 0 Å². The van der Waals surface area contributed by atoms with Crippen LogP contribution in [-0.2, 0) is 4.79 Å². The summed E-state index contributed by atoms with van der Waals surface area (Å²) in [5, 5.41) is 28.8. The Balaban J connectivity index is 2.64. The zero-order chi connectivity index (χ0) is 16.3. The molecular weight excluding hydrogens is 292 g/mol. The summed E-state index contributed by atoms with van der Waals surface area (Å²) in [4.78, 5) is 34.0. The average molecular weight is 302 g/mol. The summed E-state index contributed by atoms with van der Waals surface area (Å²) < 4.78 is 4.48. The maximum Gasteiger partial charge on any atom is 0.336 e. The molecule has 0 aliphatic rings. The van der Waals surface area contributed by atoms with E-state index in [4.69, 9.17) is 0 Å². The standard InChI is InChI=1S/C15H10O7/c16-7-22-8-5-10(15(20)21)13(12(18)6-8)14(19)9-3-1-2-4-11(9)17/h1-7,17-18H,(H,20,21). The zero-order valence-electron chi connectivity index (χ0n) is 11.0. The molecule has 2 aromatic carbocycles. The first kappa shape index (κ1) is 15.0. The average Bonchev–Trinajstić information content (AvgIpc) is 2.46. The lowest BCUT2D eigenvalue weighted by molar-refractivity contribution is -0.120. The molecule has 3 N–H and O–H groups in total. The first-order chi connectivity index (χ1) is 10.5. The Bertz CT molecular complexity index is 764. The highest BCUT2D eigenvalue weighted by Gasteiger charge is 2.25. The van der Waals surface area contributed by atoms with E-state index in [0.717, 1.165) is 12.1 Å². The van der Waals surface area contributed by atoms with Gasteiger partial charge in [-0.05, 0) is 18.2 Å². The van der Waals surface area contributed by atoms with Crippen LogP contribution in [0.5, 0.6) is 17.2 Å². The normalized spacial score (nSPS) is 10.0. The number of ketones is 1. The van der Waals surface area contributed by atoms with E-state index >= 15 is 0 Å². The number of ether oxygens (including phenoxy) is 1. The van der Waals surface area contributed by atoms with Crippen LogP contribution >= 0.6 is 0 Å². The SMILES string of the molecule is O=COc1cc(O)c(C(=O)c2ccccc2O)c(C(=O)O)c1. The second-order valence-electron chi connectivity index (χ2n) is 4.23. The number of aromatic carboxylic acids is 1. The van der Waals surface area contributed by atoms with Crippen LogP contribution in [0.15, 0.2) is 36.4 Å². The van der Waals surface area contributed by atoms with E-state index in [1.807, 2.05) is 0 Å². The van der Waals surface area contributed by atoms with Crippen LogP contribution in [-0.4, -0.2) is 33.5 Å². The number of para-hydroxylation sites is 1. The molecule has 7 heteroatoms. The summed E-state index contributed by atoms with van der Waals surface area (Å²) in [6, 6.07) is 7.39. The second kappa shape index (κ2) is 5.96. The van der Waals surface area contributed by atoms with Crippen molar-refractivity contribution in [3.05, 3.63) is 53.1 Å². The molecule has 0 radical (unpaired) electrons. The van der Waals surface area contributed by atoms with Crippen molar-refractivity contribution in [2.45, 2.75) is 0 Å². The van der Waals surface area contributed by atoms with Crippen LogP contribution in [0.2, 0.25) is 0 Å². The molecule has 0 saturated heterocycles. The van der Waals surface area contributed by atoms with Gasteiger partial charge in [-0.3, -0.25) is 9.59 Å². The lowest BCUT2D eigenvalue weighted by Crippen LogP contribution is -2.11. The molecule has 0 heterocycles. The van der Waals surface area contributed by atoms with Gasteiger partial charge >= 0.3 is 5.97 Å². The third kappa shape index (κ3) is 2.73. The zero-order valence-corrected chi connectivity index (χ0v) is 11.0. The molecule has 0 atom stereocenters. The van der Waals surface area contributed by atoms with E-state index < -0.39 is 28.6 Å². The molecular formula is C15H10O7. The van der Waals surface area contributed by atoms with Gasteiger partial charge in [-0.1, -0.05) is 12.1 Å². The minimum absolute atomic E-state index is 0.0604. The number of carboxylic acid groups (broad SMARTS) is 1. The number of hydrogen-bond acceptors (Lipinski definition) is 6. The number of carbonyl (C=O) groups excluding carboxylic acids is 2. The molecule has 0 aliphatic carbocycles. The number of benzene rings is 2. The molecule has 0 saturated carbocycles. The van der Waals surface area contributed by atoms with Gasteiger partial charge < -0.3 is 20.1 Å². The Labute approximate surface area is 124 Å². The monoisotopic (exact) mass is 302 g/mol. The van der Waals surface area contributed by atoms with Gasteiger partial charge in [-0.25, -0.2) is 4.79 Å². The summed E-state index contributed by atoms with van der Waals surface area (Å²) in [6.07, 6.45) is 0. The van der Waals surface area contributed by atoms with Crippen molar-refractivity contribution in [2.75, 3.05) is 0 Å². The van der Waals surface area contributed by atoms with Crippen molar-refractivity contribution in [1.82, 2.24) is 0 Å². The van der Waals surface area contributed by atoms with Crippen molar-refractivity contribution in [3.63, 3.8) is 0 Å². The Hall–Kier alpha value is -3.35. The molecule has 0 spiro atoms. The molecule has 0 aromatic heterocycles. The lowest BCUT2D eigenvalue weighted by Gasteiger charge is -2.10. The summed E-state index contributed by atoms with van der Waals surface area (Å²) >= 11 is 0. The number of aromatic hydroxyl groups is 2. The predicted octanol–water partition coefficient (Wildman–Crippen LogP) is 1.56. The van der Waals surface area contributed by atoms with Gasteiger partial charge in [0.2, 0.25) is 5.78 Å². The highest BCUT2D eigenvalue weighted by atomic mass is 16.5. The first-order valence-corrected chi connectivity index (χ1v) is 5.99.